The van der Waals surface area contributed by atoms with Crippen molar-refractivity contribution in [1.29, 1.82) is 0 Å². The van der Waals surface area contributed by atoms with Crippen LogP contribution in [0.4, 0.5) is 0 Å². The number of aryl methyl sites for hydroxylation is 1. The zero-order valence-corrected chi connectivity index (χ0v) is 12.2. The van der Waals surface area contributed by atoms with Crippen molar-refractivity contribution in [2.75, 3.05) is 0 Å². The summed E-state index contributed by atoms with van der Waals surface area (Å²) in [5, 5.41) is 13.2. The van der Waals surface area contributed by atoms with Crippen molar-refractivity contribution in [2.24, 2.45) is 0 Å². The van der Waals surface area contributed by atoms with E-state index in [0.29, 0.717) is 6.54 Å². The maximum absolute atomic E-state index is 10.9. The molecule has 3 aromatic rings. The van der Waals surface area contributed by atoms with Gasteiger partial charge in [0.1, 0.15) is 5.82 Å². The van der Waals surface area contributed by atoms with E-state index in [1.807, 2.05) is 34.8 Å². The van der Waals surface area contributed by atoms with Gasteiger partial charge in [0.15, 0.2) is 0 Å². The number of hydrogen-bond donors (Lipinski definition) is 1. The highest BCUT2D eigenvalue weighted by molar-refractivity contribution is 5.88. The molecule has 0 aliphatic heterocycles. The lowest BCUT2D eigenvalue weighted by atomic mass is 10.1. The van der Waals surface area contributed by atoms with Crippen LogP contribution in [-0.4, -0.2) is 30.4 Å². The van der Waals surface area contributed by atoms with Crippen LogP contribution in [0.3, 0.4) is 0 Å². The molecule has 3 rings (SSSR count). The molecule has 2 aromatic heterocycles. The van der Waals surface area contributed by atoms with Crippen LogP contribution in [0, 0.1) is 0 Å². The first-order valence-electron chi connectivity index (χ1n) is 7.03. The molecule has 0 fully saturated rings. The Morgan fingerprint density at radius 1 is 1.27 bits per heavy atom. The normalized spacial score (nSPS) is 10.8. The Bertz CT molecular complexity index is 787. The molecule has 0 saturated heterocycles. The minimum atomic E-state index is -0.929. The zero-order chi connectivity index (χ0) is 15.5. The molecule has 22 heavy (non-hydrogen) atoms. The lowest BCUT2D eigenvalue weighted by molar-refractivity contribution is 0.0697. The first-order valence-corrected chi connectivity index (χ1v) is 7.03. The number of benzene rings is 1. The van der Waals surface area contributed by atoms with Crippen LogP contribution < -0.4 is 0 Å². The van der Waals surface area contributed by atoms with E-state index >= 15 is 0 Å². The quantitative estimate of drug-likeness (QED) is 0.785. The van der Waals surface area contributed by atoms with Gasteiger partial charge in [0.25, 0.3) is 0 Å². The minimum absolute atomic E-state index is 0.270. The average molecular weight is 296 g/mol. The Kier molecular flexibility index (Phi) is 3.74. The average Bonchev–Trinajstić information content (AvgIpc) is 3.17. The molecule has 0 aliphatic rings. The molecule has 6 nitrogen and oxygen atoms in total. The van der Waals surface area contributed by atoms with Gasteiger partial charge in [-0.15, -0.1) is 0 Å². The Hall–Kier alpha value is -2.89. The van der Waals surface area contributed by atoms with Crippen molar-refractivity contribution in [3.63, 3.8) is 0 Å². The van der Waals surface area contributed by atoms with Crippen molar-refractivity contribution in [1.82, 2.24) is 19.3 Å². The van der Waals surface area contributed by atoms with Crippen LogP contribution in [0.1, 0.15) is 22.8 Å². The molecule has 112 valence electrons. The summed E-state index contributed by atoms with van der Waals surface area (Å²) in [6, 6.07) is 6.73. The van der Waals surface area contributed by atoms with Crippen molar-refractivity contribution in [3.8, 4) is 11.4 Å². The highest BCUT2D eigenvalue weighted by Gasteiger charge is 2.09. The number of aromatic nitrogens is 4. The van der Waals surface area contributed by atoms with E-state index in [4.69, 9.17) is 5.11 Å². The molecule has 0 saturated carbocycles. The summed E-state index contributed by atoms with van der Waals surface area (Å²) in [6.45, 7) is 3.56. The van der Waals surface area contributed by atoms with Crippen molar-refractivity contribution in [3.05, 3.63) is 60.2 Å². The van der Waals surface area contributed by atoms with Crippen LogP contribution >= 0.6 is 0 Å². The van der Waals surface area contributed by atoms with Crippen molar-refractivity contribution in [2.45, 2.75) is 20.0 Å². The molecule has 0 aliphatic carbocycles. The minimum Gasteiger partial charge on any atom is -0.478 e. The molecule has 0 bridgehead atoms. The van der Waals surface area contributed by atoms with E-state index in [0.717, 1.165) is 23.5 Å². The number of rotatable bonds is 5. The summed E-state index contributed by atoms with van der Waals surface area (Å²) in [6.07, 6.45) is 7.51. The fraction of sp³-hybridized carbons (Fsp3) is 0.188. The predicted octanol–water partition coefficient (Wildman–Crippen LogP) is 2.51. The third-order valence-electron chi connectivity index (χ3n) is 3.47. The summed E-state index contributed by atoms with van der Waals surface area (Å²) in [4.78, 5) is 15.3. The molecule has 6 heteroatoms. The van der Waals surface area contributed by atoms with E-state index in [2.05, 4.69) is 10.1 Å². The van der Waals surface area contributed by atoms with E-state index in [1.54, 1.807) is 30.5 Å². The van der Waals surface area contributed by atoms with Crippen LogP contribution in [0.15, 0.2) is 49.1 Å². The van der Waals surface area contributed by atoms with Gasteiger partial charge in [-0.3, -0.25) is 4.68 Å². The molecule has 1 N–H and O–H groups in total. The highest BCUT2D eigenvalue weighted by atomic mass is 16.4. The number of carboxylic acids is 1. The standard InChI is InChI=1S/C16H16N4O2/c1-2-20-11-12(9-18-20)10-19-8-7-17-15(19)13-3-5-14(6-4-13)16(21)22/h3-9,11H,2,10H2,1H3,(H,21,22). The first-order chi connectivity index (χ1) is 10.7. The van der Waals surface area contributed by atoms with E-state index in [-0.39, 0.29) is 5.56 Å². The maximum Gasteiger partial charge on any atom is 0.335 e. The first kappa shape index (κ1) is 14.1. The largest absolute Gasteiger partial charge is 0.478 e. The summed E-state index contributed by atoms with van der Waals surface area (Å²) < 4.78 is 3.90. The molecule has 0 spiro atoms. The third-order valence-corrected chi connectivity index (χ3v) is 3.47. The number of nitrogens with zero attached hydrogens (tertiary/aromatic N) is 4. The predicted molar refractivity (Wildman–Crippen MR) is 81.6 cm³/mol. The summed E-state index contributed by atoms with van der Waals surface area (Å²) >= 11 is 0. The van der Waals surface area contributed by atoms with E-state index in [1.165, 1.54) is 0 Å². The topological polar surface area (TPSA) is 72.9 Å². The van der Waals surface area contributed by atoms with E-state index in [9.17, 15) is 4.79 Å². The second-order valence-electron chi connectivity index (χ2n) is 4.97. The highest BCUT2D eigenvalue weighted by Crippen LogP contribution is 2.19. The molecule has 1 aromatic carbocycles. The number of carboxylic acid groups (broad SMARTS) is 1. The summed E-state index contributed by atoms with van der Waals surface area (Å²) in [5.74, 6) is -0.122. The number of imidazole rings is 1. The molecule has 0 atom stereocenters. The fourth-order valence-electron chi connectivity index (χ4n) is 2.32. The summed E-state index contributed by atoms with van der Waals surface area (Å²) in [7, 11) is 0. The Morgan fingerprint density at radius 2 is 2.05 bits per heavy atom. The van der Waals surface area contributed by atoms with Gasteiger partial charge in [0.05, 0.1) is 18.3 Å². The van der Waals surface area contributed by atoms with Crippen LogP contribution in [0.25, 0.3) is 11.4 Å². The second kappa shape index (κ2) is 5.85. The van der Waals surface area contributed by atoms with Crippen LogP contribution in [-0.2, 0) is 13.1 Å². The van der Waals surface area contributed by atoms with Crippen LogP contribution in [0.2, 0.25) is 0 Å². The molecular weight excluding hydrogens is 280 g/mol. The Balaban J connectivity index is 1.86. The van der Waals surface area contributed by atoms with Gasteiger partial charge in [-0.25, -0.2) is 9.78 Å². The Labute approximate surface area is 127 Å². The summed E-state index contributed by atoms with van der Waals surface area (Å²) in [5.41, 5.74) is 2.26. The number of carbonyl (C=O) groups is 1. The van der Waals surface area contributed by atoms with Gasteiger partial charge in [-0.1, -0.05) is 12.1 Å². The SMILES string of the molecule is CCn1cc(Cn2ccnc2-c2ccc(C(=O)O)cc2)cn1. The van der Waals surface area contributed by atoms with Crippen molar-refractivity contribution >= 4 is 5.97 Å². The molecule has 0 radical (unpaired) electrons. The molecular formula is C16H16N4O2. The van der Waals surface area contributed by atoms with Gasteiger partial charge in [-0.05, 0) is 19.1 Å². The van der Waals surface area contributed by atoms with E-state index < -0.39 is 5.97 Å². The van der Waals surface area contributed by atoms with Gasteiger partial charge in [-0.2, -0.15) is 5.10 Å². The fourth-order valence-corrected chi connectivity index (χ4v) is 2.32. The van der Waals surface area contributed by atoms with Gasteiger partial charge < -0.3 is 9.67 Å². The zero-order valence-electron chi connectivity index (χ0n) is 12.2. The molecule has 2 heterocycles. The maximum atomic E-state index is 10.9. The van der Waals surface area contributed by atoms with Gasteiger partial charge >= 0.3 is 5.97 Å². The van der Waals surface area contributed by atoms with Crippen molar-refractivity contribution < 1.29 is 9.90 Å². The monoisotopic (exact) mass is 296 g/mol. The van der Waals surface area contributed by atoms with Crippen LogP contribution in [0.5, 0.6) is 0 Å². The lowest BCUT2D eigenvalue weighted by Crippen LogP contribution is -2.01. The van der Waals surface area contributed by atoms with Gasteiger partial charge in [0, 0.05) is 36.3 Å². The Morgan fingerprint density at radius 3 is 2.68 bits per heavy atom. The molecule has 0 amide bonds. The third kappa shape index (κ3) is 2.76. The van der Waals surface area contributed by atoms with Gasteiger partial charge in [0.2, 0.25) is 0 Å². The number of hydrogen-bond acceptors (Lipinski definition) is 3. The second-order valence-corrected chi connectivity index (χ2v) is 4.97. The molecule has 0 unspecified atom stereocenters. The lowest BCUT2D eigenvalue weighted by Gasteiger charge is -2.07. The smallest absolute Gasteiger partial charge is 0.335 e. The number of aromatic carboxylic acids is 1.